The number of aliphatic hydroxyl groups is 1. The maximum Gasteiger partial charge on any atom is 0.323 e. The summed E-state index contributed by atoms with van der Waals surface area (Å²) in [6.45, 7) is 9.24. The van der Waals surface area contributed by atoms with Crippen LogP contribution < -0.4 is 15.5 Å². The van der Waals surface area contributed by atoms with Crippen LogP contribution in [0.1, 0.15) is 63.5 Å². The van der Waals surface area contributed by atoms with E-state index in [9.17, 15) is 14.7 Å². The van der Waals surface area contributed by atoms with Crippen molar-refractivity contribution in [3.8, 4) is 0 Å². The molecule has 0 aliphatic carbocycles. The lowest BCUT2D eigenvalue weighted by Crippen LogP contribution is -2.47. The van der Waals surface area contributed by atoms with Crippen molar-refractivity contribution >= 4 is 29.1 Å². The van der Waals surface area contributed by atoms with Gasteiger partial charge in [-0.1, -0.05) is 31.2 Å². The zero-order valence-electron chi connectivity index (χ0n) is 22.7. The van der Waals surface area contributed by atoms with Gasteiger partial charge in [-0.15, -0.1) is 0 Å². The Hall–Kier alpha value is -3.10. The lowest BCUT2D eigenvalue weighted by molar-refractivity contribution is -0.141. The van der Waals surface area contributed by atoms with E-state index in [1.54, 1.807) is 13.8 Å². The second kappa shape index (κ2) is 12.9. The number of hydrogen-bond acceptors (Lipinski definition) is 6. The third-order valence-electron chi connectivity index (χ3n) is 6.77. The SMILES string of the molecule is CC[C@@H](CC(=O)OC)c1ccc(N(CC(C)(C)O)C2CCOCC2)c(NC(=O)Nc2ccccc2C)c1. The maximum atomic E-state index is 13.2. The third kappa shape index (κ3) is 8.20. The standard InChI is InChI=1S/C29H41N3O5/c1-6-21(18-27(33)36-5)22-11-12-26(32(19-29(3,4)35)23-13-15-37-16-14-23)25(17-22)31-28(34)30-24-10-8-7-9-20(24)2/h7-12,17,21,23,35H,6,13-16,18-19H2,1-5H3,(H2,30,31,34)/t21-/m0/s1. The Labute approximate surface area is 220 Å². The van der Waals surface area contributed by atoms with Crippen LogP contribution >= 0.6 is 0 Å². The van der Waals surface area contributed by atoms with Crippen LogP contribution in [-0.2, 0) is 14.3 Å². The minimum Gasteiger partial charge on any atom is -0.469 e. The highest BCUT2D eigenvalue weighted by Crippen LogP contribution is 2.36. The smallest absolute Gasteiger partial charge is 0.323 e. The van der Waals surface area contributed by atoms with Gasteiger partial charge in [0.1, 0.15) is 0 Å². The molecule has 2 amide bonds. The summed E-state index contributed by atoms with van der Waals surface area (Å²) in [6, 6.07) is 13.3. The zero-order chi connectivity index (χ0) is 27.0. The Morgan fingerprint density at radius 3 is 2.43 bits per heavy atom. The molecule has 1 saturated heterocycles. The highest BCUT2D eigenvalue weighted by molar-refractivity contribution is 6.02. The van der Waals surface area contributed by atoms with Crippen LogP contribution in [0.25, 0.3) is 0 Å². The maximum absolute atomic E-state index is 13.2. The number of benzene rings is 2. The second-order valence-corrected chi connectivity index (χ2v) is 10.3. The molecular formula is C29H41N3O5. The fourth-order valence-corrected chi connectivity index (χ4v) is 4.75. The quantitative estimate of drug-likeness (QED) is 0.367. The van der Waals surface area contributed by atoms with Crippen molar-refractivity contribution in [1.29, 1.82) is 0 Å². The molecule has 37 heavy (non-hydrogen) atoms. The third-order valence-corrected chi connectivity index (χ3v) is 6.77. The van der Waals surface area contributed by atoms with Crippen LogP contribution in [0.3, 0.4) is 0 Å². The van der Waals surface area contributed by atoms with E-state index in [1.807, 2.05) is 56.3 Å². The molecule has 0 unspecified atom stereocenters. The van der Waals surface area contributed by atoms with Gasteiger partial charge in [-0.25, -0.2) is 4.79 Å². The molecule has 3 rings (SSSR count). The Kier molecular flexibility index (Phi) is 9.94. The Bertz CT molecular complexity index is 1060. The summed E-state index contributed by atoms with van der Waals surface area (Å²) in [5.74, 6) is -0.319. The largest absolute Gasteiger partial charge is 0.469 e. The highest BCUT2D eigenvalue weighted by atomic mass is 16.5. The van der Waals surface area contributed by atoms with Gasteiger partial charge in [-0.3, -0.25) is 4.79 Å². The lowest BCUT2D eigenvalue weighted by Gasteiger charge is -2.40. The van der Waals surface area contributed by atoms with E-state index in [0.717, 1.165) is 41.8 Å². The number of esters is 1. The van der Waals surface area contributed by atoms with Gasteiger partial charge in [0.15, 0.2) is 0 Å². The normalized spacial score (nSPS) is 15.1. The molecule has 8 nitrogen and oxygen atoms in total. The number of nitrogens with one attached hydrogen (secondary N) is 2. The highest BCUT2D eigenvalue weighted by Gasteiger charge is 2.29. The summed E-state index contributed by atoms with van der Waals surface area (Å²) in [4.78, 5) is 27.4. The van der Waals surface area contributed by atoms with E-state index in [0.29, 0.717) is 25.4 Å². The van der Waals surface area contributed by atoms with Crippen molar-refractivity contribution < 1.29 is 24.2 Å². The molecule has 3 N–H and O–H groups in total. The summed E-state index contributed by atoms with van der Waals surface area (Å²) in [5.41, 5.74) is 3.13. The number of aryl methyl sites for hydroxylation is 1. The molecule has 1 atom stereocenters. The fraction of sp³-hybridized carbons (Fsp3) is 0.517. The molecular weight excluding hydrogens is 470 g/mol. The molecule has 0 radical (unpaired) electrons. The molecule has 2 aromatic carbocycles. The molecule has 202 valence electrons. The molecule has 0 spiro atoms. The van der Waals surface area contributed by atoms with Crippen LogP contribution in [0.2, 0.25) is 0 Å². The Morgan fingerprint density at radius 2 is 1.81 bits per heavy atom. The lowest BCUT2D eigenvalue weighted by atomic mass is 9.92. The predicted molar refractivity (Wildman–Crippen MR) is 147 cm³/mol. The molecule has 0 saturated carbocycles. The monoisotopic (exact) mass is 511 g/mol. The number of methoxy groups -OCH3 is 1. The molecule has 1 aliphatic heterocycles. The first-order valence-electron chi connectivity index (χ1n) is 13.0. The first-order valence-corrected chi connectivity index (χ1v) is 13.0. The molecule has 0 bridgehead atoms. The van der Waals surface area contributed by atoms with Gasteiger partial charge < -0.3 is 30.1 Å². The van der Waals surface area contributed by atoms with Crippen molar-refractivity contribution in [2.75, 3.05) is 42.4 Å². The van der Waals surface area contributed by atoms with Crippen molar-refractivity contribution in [1.82, 2.24) is 0 Å². The minimum atomic E-state index is -0.950. The number of nitrogens with zero attached hydrogens (tertiary/aromatic N) is 1. The number of para-hydroxylation sites is 1. The van der Waals surface area contributed by atoms with Crippen LogP contribution in [0.5, 0.6) is 0 Å². The predicted octanol–water partition coefficient (Wildman–Crippen LogP) is 5.45. The number of rotatable bonds is 10. The van der Waals surface area contributed by atoms with Gasteiger partial charge in [0.2, 0.25) is 0 Å². The average Bonchev–Trinajstić information content (AvgIpc) is 2.87. The first kappa shape index (κ1) is 28.5. The molecule has 1 heterocycles. The van der Waals surface area contributed by atoms with Crippen LogP contribution in [-0.4, -0.2) is 55.6 Å². The summed E-state index contributed by atoms with van der Waals surface area (Å²) >= 11 is 0. The Balaban J connectivity index is 2.00. The van der Waals surface area contributed by atoms with Gasteiger partial charge in [0.05, 0.1) is 30.5 Å². The average molecular weight is 512 g/mol. The van der Waals surface area contributed by atoms with Crippen molar-refractivity contribution in [3.63, 3.8) is 0 Å². The van der Waals surface area contributed by atoms with Crippen molar-refractivity contribution in [2.45, 2.75) is 70.9 Å². The van der Waals surface area contributed by atoms with E-state index >= 15 is 0 Å². The van der Waals surface area contributed by atoms with E-state index < -0.39 is 5.60 Å². The molecule has 2 aromatic rings. The molecule has 1 fully saturated rings. The minimum absolute atomic E-state index is 0.0488. The second-order valence-electron chi connectivity index (χ2n) is 10.3. The van der Waals surface area contributed by atoms with E-state index in [4.69, 9.17) is 9.47 Å². The van der Waals surface area contributed by atoms with Gasteiger partial charge >= 0.3 is 12.0 Å². The van der Waals surface area contributed by atoms with Crippen LogP contribution in [0.4, 0.5) is 21.9 Å². The van der Waals surface area contributed by atoms with Gasteiger partial charge in [0.25, 0.3) is 0 Å². The van der Waals surface area contributed by atoms with Crippen molar-refractivity contribution in [2.24, 2.45) is 0 Å². The van der Waals surface area contributed by atoms with Gasteiger partial charge in [0, 0.05) is 31.5 Å². The zero-order valence-corrected chi connectivity index (χ0v) is 22.7. The summed E-state index contributed by atoms with van der Waals surface area (Å²) < 4.78 is 10.5. The molecule has 0 aromatic heterocycles. The van der Waals surface area contributed by atoms with Gasteiger partial charge in [-0.2, -0.15) is 0 Å². The van der Waals surface area contributed by atoms with E-state index in [2.05, 4.69) is 15.5 Å². The fourth-order valence-electron chi connectivity index (χ4n) is 4.75. The molecule has 8 heteroatoms. The van der Waals surface area contributed by atoms with Gasteiger partial charge in [-0.05, 0) is 75.3 Å². The number of ether oxygens (including phenoxy) is 2. The number of anilines is 3. The number of carbonyl (C=O) groups excluding carboxylic acids is 2. The summed E-state index contributed by atoms with van der Waals surface area (Å²) in [7, 11) is 1.39. The topological polar surface area (TPSA) is 100 Å². The van der Waals surface area contributed by atoms with Crippen LogP contribution in [0.15, 0.2) is 42.5 Å². The van der Waals surface area contributed by atoms with E-state index in [-0.39, 0.29) is 30.4 Å². The number of carbonyl (C=O) groups is 2. The first-order chi connectivity index (χ1) is 17.6. The number of hydrogen-bond donors (Lipinski definition) is 3. The van der Waals surface area contributed by atoms with Crippen LogP contribution in [0, 0.1) is 6.92 Å². The number of urea groups is 1. The summed E-state index contributed by atoms with van der Waals surface area (Å²) in [5, 5.41) is 16.8. The van der Waals surface area contributed by atoms with E-state index in [1.165, 1.54) is 7.11 Å². The molecule has 1 aliphatic rings. The van der Waals surface area contributed by atoms with Crippen molar-refractivity contribution in [3.05, 3.63) is 53.6 Å². The Morgan fingerprint density at radius 1 is 1.14 bits per heavy atom. The number of amides is 2. The summed E-state index contributed by atoms with van der Waals surface area (Å²) in [6.07, 6.45) is 2.66.